The first kappa shape index (κ1) is 12.0. The molecule has 1 N–H and O–H groups in total. The predicted molar refractivity (Wildman–Crippen MR) is 62.6 cm³/mol. The van der Waals surface area contributed by atoms with Crippen LogP contribution in [0.3, 0.4) is 0 Å². The number of nitrogens with zero attached hydrogens (tertiary/aromatic N) is 1. The number of rotatable bonds is 7. The Labute approximate surface area is 89.1 Å². The Morgan fingerprint density at radius 1 is 1.29 bits per heavy atom. The third-order valence-corrected chi connectivity index (χ3v) is 3.17. The van der Waals surface area contributed by atoms with Gasteiger partial charge >= 0.3 is 0 Å². The van der Waals surface area contributed by atoms with Gasteiger partial charge in [-0.2, -0.15) is 0 Å². The second-order valence-electron chi connectivity index (χ2n) is 5.00. The van der Waals surface area contributed by atoms with E-state index in [1.807, 2.05) is 0 Å². The molecule has 1 aliphatic carbocycles. The summed E-state index contributed by atoms with van der Waals surface area (Å²) in [5.74, 6) is 0. The second-order valence-corrected chi connectivity index (χ2v) is 5.00. The van der Waals surface area contributed by atoms with Crippen molar-refractivity contribution in [3.63, 3.8) is 0 Å². The molecule has 0 aromatic rings. The summed E-state index contributed by atoms with van der Waals surface area (Å²) in [6.45, 7) is 7.94. The van der Waals surface area contributed by atoms with Gasteiger partial charge in [0.25, 0.3) is 0 Å². The summed E-state index contributed by atoms with van der Waals surface area (Å²) in [6, 6.07) is 2.30. The highest BCUT2D eigenvalue weighted by Gasteiger charge is 2.28. The first-order valence-electron chi connectivity index (χ1n) is 6.06. The van der Waals surface area contributed by atoms with Crippen LogP contribution in [0.1, 0.15) is 46.5 Å². The molecule has 0 bridgehead atoms. The highest BCUT2D eigenvalue weighted by molar-refractivity contribution is 4.85. The quantitative estimate of drug-likeness (QED) is 0.631. The van der Waals surface area contributed by atoms with Gasteiger partial charge in [-0.3, -0.25) is 0 Å². The standard InChI is InChI=1S/C12H26N2/c1-10(2)13-9-5-6-11(3)14(4)12-7-8-12/h10-13H,5-9H2,1-4H3. The summed E-state index contributed by atoms with van der Waals surface area (Å²) < 4.78 is 0. The van der Waals surface area contributed by atoms with E-state index in [0.717, 1.165) is 12.1 Å². The normalized spacial score (nSPS) is 19.3. The van der Waals surface area contributed by atoms with Gasteiger partial charge < -0.3 is 10.2 Å². The van der Waals surface area contributed by atoms with E-state index in [2.05, 4.69) is 38.0 Å². The molecule has 0 saturated heterocycles. The fourth-order valence-corrected chi connectivity index (χ4v) is 1.83. The van der Waals surface area contributed by atoms with E-state index in [1.54, 1.807) is 0 Å². The zero-order valence-electron chi connectivity index (χ0n) is 10.2. The van der Waals surface area contributed by atoms with Gasteiger partial charge in [0.1, 0.15) is 0 Å². The molecule has 0 spiro atoms. The van der Waals surface area contributed by atoms with Crippen molar-refractivity contribution in [2.75, 3.05) is 13.6 Å². The Hall–Kier alpha value is -0.0800. The van der Waals surface area contributed by atoms with E-state index in [9.17, 15) is 0 Å². The molecule has 1 rings (SSSR count). The van der Waals surface area contributed by atoms with Crippen LogP contribution in [0.2, 0.25) is 0 Å². The maximum atomic E-state index is 3.47. The summed E-state index contributed by atoms with van der Waals surface area (Å²) in [4.78, 5) is 2.55. The largest absolute Gasteiger partial charge is 0.315 e. The maximum absolute atomic E-state index is 3.47. The smallest absolute Gasteiger partial charge is 0.00961 e. The monoisotopic (exact) mass is 198 g/mol. The molecule has 0 aromatic heterocycles. The third kappa shape index (κ3) is 4.43. The lowest BCUT2D eigenvalue weighted by Crippen LogP contribution is -2.32. The molecule has 2 heteroatoms. The van der Waals surface area contributed by atoms with Crippen molar-refractivity contribution in [2.45, 2.75) is 64.6 Å². The molecular weight excluding hydrogens is 172 g/mol. The van der Waals surface area contributed by atoms with Crippen molar-refractivity contribution in [3.05, 3.63) is 0 Å². The molecule has 1 unspecified atom stereocenters. The average molecular weight is 198 g/mol. The molecule has 0 amide bonds. The van der Waals surface area contributed by atoms with Crippen LogP contribution in [0.15, 0.2) is 0 Å². The van der Waals surface area contributed by atoms with Gasteiger partial charge in [-0.1, -0.05) is 13.8 Å². The van der Waals surface area contributed by atoms with Crippen molar-refractivity contribution in [1.29, 1.82) is 0 Å². The lowest BCUT2D eigenvalue weighted by atomic mass is 10.1. The minimum Gasteiger partial charge on any atom is -0.315 e. The van der Waals surface area contributed by atoms with Crippen LogP contribution >= 0.6 is 0 Å². The van der Waals surface area contributed by atoms with Gasteiger partial charge in [0, 0.05) is 18.1 Å². The molecule has 1 saturated carbocycles. The van der Waals surface area contributed by atoms with Crippen molar-refractivity contribution in [3.8, 4) is 0 Å². The van der Waals surface area contributed by atoms with E-state index < -0.39 is 0 Å². The summed E-state index contributed by atoms with van der Waals surface area (Å²) >= 11 is 0. The minimum atomic E-state index is 0.631. The highest BCUT2D eigenvalue weighted by Crippen LogP contribution is 2.27. The minimum absolute atomic E-state index is 0.631. The lowest BCUT2D eigenvalue weighted by Gasteiger charge is -2.24. The van der Waals surface area contributed by atoms with Crippen molar-refractivity contribution in [2.24, 2.45) is 0 Å². The molecule has 2 nitrogen and oxygen atoms in total. The predicted octanol–water partition coefficient (Wildman–Crippen LogP) is 2.25. The summed E-state index contributed by atoms with van der Waals surface area (Å²) in [5, 5.41) is 3.47. The van der Waals surface area contributed by atoms with Crippen LogP contribution in [0.5, 0.6) is 0 Å². The molecule has 0 radical (unpaired) electrons. The van der Waals surface area contributed by atoms with Crippen LogP contribution in [-0.2, 0) is 0 Å². The molecule has 0 aromatic carbocycles. The van der Waals surface area contributed by atoms with Gasteiger partial charge in [0.05, 0.1) is 0 Å². The Morgan fingerprint density at radius 2 is 1.93 bits per heavy atom. The first-order valence-corrected chi connectivity index (χ1v) is 6.06. The Kier molecular flexibility index (Phi) is 4.90. The van der Waals surface area contributed by atoms with Crippen molar-refractivity contribution >= 4 is 0 Å². The SMILES string of the molecule is CC(C)NCCCC(C)N(C)C1CC1. The second kappa shape index (κ2) is 5.72. The number of hydrogen-bond donors (Lipinski definition) is 1. The van der Waals surface area contributed by atoms with E-state index in [1.165, 1.54) is 32.2 Å². The number of nitrogens with one attached hydrogen (secondary N) is 1. The van der Waals surface area contributed by atoms with E-state index in [0.29, 0.717) is 6.04 Å². The molecular formula is C12H26N2. The Bertz CT molecular complexity index is 152. The molecule has 1 aliphatic rings. The fraction of sp³-hybridized carbons (Fsp3) is 1.00. The van der Waals surface area contributed by atoms with Crippen LogP contribution in [-0.4, -0.2) is 36.6 Å². The van der Waals surface area contributed by atoms with Gasteiger partial charge in [0.15, 0.2) is 0 Å². The van der Waals surface area contributed by atoms with E-state index >= 15 is 0 Å². The zero-order chi connectivity index (χ0) is 10.6. The Balaban J connectivity index is 1.99. The zero-order valence-corrected chi connectivity index (χ0v) is 10.2. The maximum Gasteiger partial charge on any atom is 0.00961 e. The van der Waals surface area contributed by atoms with Gasteiger partial charge in [-0.05, 0) is 46.2 Å². The molecule has 0 aliphatic heterocycles. The highest BCUT2D eigenvalue weighted by atomic mass is 15.2. The van der Waals surface area contributed by atoms with Gasteiger partial charge in [-0.25, -0.2) is 0 Å². The molecule has 0 heterocycles. The molecule has 1 atom stereocenters. The third-order valence-electron chi connectivity index (χ3n) is 3.17. The van der Waals surface area contributed by atoms with Crippen LogP contribution < -0.4 is 5.32 Å². The molecule has 84 valence electrons. The van der Waals surface area contributed by atoms with Gasteiger partial charge in [0.2, 0.25) is 0 Å². The van der Waals surface area contributed by atoms with E-state index in [4.69, 9.17) is 0 Å². The van der Waals surface area contributed by atoms with Gasteiger partial charge in [-0.15, -0.1) is 0 Å². The topological polar surface area (TPSA) is 15.3 Å². The van der Waals surface area contributed by atoms with Crippen LogP contribution in [0.4, 0.5) is 0 Å². The van der Waals surface area contributed by atoms with E-state index in [-0.39, 0.29) is 0 Å². The summed E-state index contributed by atoms with van der Waals surface area (Å²) in [5.41, 5.74) is 0. The fourth-order valence-electron chi connectivity index (χ4n) is 1.83. The lowest BCUT2D eigenvalue weighted by molar-refractivity contribution is 0.232. The molecule has 14 heavy (non-hydrogen) atoms. The van der Waals surface area contributed by atoms with Crippen molar-refractivity contribution in [1.82, 2.24) is 10.2 Å². The first-order chi connectivity index (χ1) is 6.61. The summed E-state index contributed by atoms with van der Waals surface area (Å²) in [7, 11) is 2.28. The Morgan fingerprint density at radius 3 is 2.43 bits per heavy atom. The average Bonchev–Trinajstić information content (AvgIpc) is 2.93. The molecule has 1 fully saturated rings. The van der Waals surface area contributed by atoms with Crippen LogP contribution in [0.25, 0.3) is 0 Å². The van der Waals surface area contributed by atoms with Crippen LogP contribution in [0, 0.1) is 0 Å². The summed E-state index contributed by atoms with van der Waals surface area (Å²) in [6.07, 6.45) is 5.47. The van der Waals surface area contributed by atoms with Crippen molar-refractivity contribution < 1.29 is 0 Å². The number of hydrogen-bond acceptors (Lipinski definition) is 2.